The molecule has 0 amide bonds. The Morgan fingerprint density at radius 1 is 0.271 bits per heavy atom. The molecule has 0 atom stereocenters. The van der Waals surface area contributed by atoms with Crippen molar-refractivity contribution in [2.24, 2.45) is 0 Å². The van der Waals surface area contributed by atoms with E-state index in [0.29, 0.717) is 5.82 Å². The highest BCUT2D eigenvalue weighted by Crippen LogP contribution is 2.50. The average Bonchev–Trinajstić information content (AvgIpc) is 1.57. The van der Waals surface area contributed by atoms with Gasteiger partial charge in [0, 0.05) is 49.4 Å². The molecule has 0 N–H and O–H groups in total. The zero-order chi connectivity index (χ0) is 55.7. The van der Waals surface area contributed by atoms with Crippen molar-refractivity contribution in [1.29, 1.82) is 0 Å². The van der Waals surface area contributed by atoms with Crippen molar-refractivity contribution in [1.82, 2.24) is 19.1 Å². The first kappa shape index (κ1) is 47.5. The van der Waals surface area contributed by atoms with Crippen molar-refractivity contribution >= 4 is 77.6 Å². The lowest BCUT2D eigenvalue weighted by Crippen LogP contribution is -2.59. The van der Waals surface area contributed by atoms with E-state index in [0.717, 1.165) is 61.3 Å². The second-order valence-electron chi connectivity index (χ2n) is 22.7. The summed E-state index contributed by atoms with van der Waals surface area (Å²) in [6, 6.07) is 109. The van der Waals surface area contributed by atoms with Gasteiger partial charge in [-0.1, -0.05) is 255 Å². The van der Waals surface area contributed by atoms with E-state index in [1.807, 2.05) is 0 Å². The normalized spacial score (nSPS) is 12.2. The van der Waals surface area contributed by atoms with E-state index < -0.39 is 0 Å². The van der Waals surface area contributed by atoms with Gasteiger partial charge in [-0.15, -0.1) is 0 Å². The third-order valence-corrected chi connectivity index (χ3v) is 18.1. The Hall–Kier alpha value is -11.1. The van der Waals surface area contributed by atoms with Crippen molar-refractivity contribution < 1.29 is 0 Å². The third-order valence-electron chi connectivity index (χ3n) is 18.1. The van der Waals surface area contributed by atoms with Gasteiger partial charge in [0.05, 0.1) is 33.3 Å². The van der Waals surface area contributed by atoms with Crippen molar-refractivity contribution in [2.45, 2.75) is 0 Å². The van der Waals surface area contributed by atoms with Gasteiger partial charge in [0.15, 0.2) is 5.82 Å². The molecule has 392 valence electrons. The van der Waals surface area contributed by atoms with E-state index in [1.165, 1.54) is 105 Å². The number of fused-ring (bicyclic) bond motifs is 11. The smallest absolute Gasteiger partial charge is 0.252 e. The van der Waals surface area contributed by atoms with Gasteiger partial charge in [0.2, 0.25) is 0 Å². The van der Waals surface area contributed by atoms with Gasteiger partial charge in [0.1, 0.15) is 0 Å². The molecule has 5 heteroatoms. The lowest BCUT2D eigenvalue weighted by atomic mass is 9.34. The first-order valence-corrected chi connectivity index (χ1v) is 29.3. The van der Waals surface area contributed by atoms with E-state index >= 15 is 0 Å². The number of hydrogen-bond acceptors (Lipinski definition) is 2. The molecule has 18 rings (SSSR count). The predicted octanol–water partition coefficient (Wildman–Crippen LogP) is 18.3. The van der Waals surface area contributed by atoms with Crippen molar-refractivity contribution in [3.63, 3.8) is 0 Å². The Kier molecular flexibility index (Phi) is 10.4. The maximum atomic E-state index is 5.68. The van der Waals surface area contributed by atoms with Crippen molar-refractivity contribution in [3.8, 4) is 101 Å². The highest BCUT2D eigenvalue weighted by molar-refractivity contribution is 7.00. The first-order chi connectivity index (χ1) is 42.2. The summed E-state index contributed by atoms with van der Waals surface area (Å²) in [6.45, 7) is -0.156. The third kappa shape index (κ3) is 7.17. The van der Waals surface area contributed by atoms with Crippen LogP contribution in [-0.4, -0.2) is 25.8 Å². The number of hydrogen-bond donors (Lipinski definition) is 0. The van der Waals surface area contributed by atoms with Crippen LogP contribution in [0.3, 0.4) is 0 Å². The van der Waals surface area contributed by atoms with E-state index in [4.69, 9.17) is 9.97 Å². The van der Waals surface area contributed by atoms with Gasteiger partial charge >= 0.3 is 0 Å². The van der Waals surface area contributed by atoms with Crippen LogP contribution in [0.2, 0.25) is 0 Å². The molecule has 0 aliphatic carbocycles. The Morgan fingerprint density at radius 3 is 1.08 bits per heavy atom. The lowest BCUT2D eigenvalue weighted by Gasteiger charge is -2.34. The summed E-state index contributed by atoms with van der Waals surface area (Å²) in [7, 11) is 0. The molecule has 85 heavy (non-hydrogen) atoms. The van der Waals surface area contributed by atoms with Crippen molar-refractivity contribution in [2.75, 3.05) is 0 Å². The fraction of sp³-hybridized carbons (Fsp3) is 0. The number of rotatable bonds is 8. The zero-order valence-electron chi connectivity index (χ0n) is 46.2. The summed E-state index contributed by atoms with van der Waals surface area (Å²) in [5.74, 6) is 0.692. The molecule has 0 radical (unpaired) electrons. The minimum atomic E-state index is -0.156. The molecule has 0 bridgehead atoms. The summed E-state index contributed by atoms with van der Waals surface area (Å²) < 4.78 is 5.31. The van der Waals surface area contributed by atoms with E-state index in [-0.39, 0.29) is 6.71 Å². The molecule has 3 aromatic heterocycles. The standard InChI is InChI=1S/C80H49BN4/c1-8-24-50(25-9-1)57-44-63(54-32-16-5-17-33-54)72-68(46-57)84-70-48-59(77-62-38-22-23-39-67(62)82-80(83-77)56-36-20-7-21-37-56)49-71-76(70)81(65-42-40-60(74(72)78(65)84)52-28-12-3-13-29-52)66-43-41-61(53-30-14-4-15-31-53)75-73-64(55-34-18-6-19-35-55)45-58(51-26-10-2-11-27-51)47-69(73)85(71)79(66)75/h1-49H. The molecule has 0 saturated carbocycles. The van der Waals surface area contributed by atoms with Gasteiger partial charge in [-0.05, 0) is 126 Å². The molecule has 2 aliphatic rings. The second kappa shape index (κ2) is 18.7. The number of para-hydroxylation sites is 1. The topological polar surface area (TPSA) is 35.6 Å². The zero-order valence-corrected chi connectivity index (χ0v) is 46.2. The number of benzene rings is 13. The summed E-state index contributed by atoms with van der Waals surface area (Å²) in [6.07, 6.45) is 0. The second-order valence-corrected chi connectivity index (χ2v) is 22.7. The van der Waals surface area contributed by atoms with Crippen LogP contribution in [0.1, 0.15) is 0 Å². The average molecular weight is 1080 g/mol. The molecule has 0 spiro atoms. The maximum Gasteiger partial charge on any atom is 0.252 e. The molecule has 5 heterocycles. The number of aromatic nitrogens is 4. The fourth-order valence-corrected chi connectivity index (χ4v) is 14.5. The Morgan fingerprint density at radius 2 is 0.647 bits per heavy atom. The van der Waals surface area contributed by atoms with E-state index in [2.05, 4.69) is 306 Å². The highest BCUT2D eigenvalue weighted by atomic mass is 15.0. The molecule has 16 aromatic rings. The molecule has 2 aliphatic heterocycles. The molecule has 0 fully saturated rings. The van der Waals surface area contributed by atoms with Crippen LogP contribution in [0.25, 0.3) is 155 Å². The van der Waals surface area contributed by atoms with Crippen LogP contribution in [0.4, 0.5) is 0 Å². The quantitative estimate of drug-likeness (QED) is 0.142. The van der Waals surface area contributed by atoms with Gasteiger partial charge < -0.3 is 9.13 Å². The number of nitrogens with zero attached hydrogens (tertiary/aromatic N) is 4. The van der Waals surface area contributed by atoms with Crippen LogP contribution in [0.15, 0.2) is 297 Å². The predicted molar refractivity (Wildman–Crippen MR) is 356 cm³/mol. The van der Waals surface area contributed by atoms with Crippen LogP contribution in [-0.2, 0) is 0 Å². The van der Waals surface area contributed by atoms with Crippen LogP contribution in [0, 0.1) is 0 Å². The summed E-state index contributed by atoms with van der Waals surface area (Å²) in [5.41, 5.74) is 28.8. The maximum absolute atomic E-state index is 5.68. The molecule has 4 nitrogen and oxygen atoms in total. The van der Waals surface area contributed by atoms with E-state index in [1.54, 1.807) is 0 Å². The van der Waals surface area contributed by atoms with Gasteiger partial charge in [-0.2, -0.15) is 0 Å². The summed E-state index contributed by atoms with van der Waals surface area (Å²) >= 11 is 0. The fourth-order valence-electron chi connectivity index (χ4n) is 14.5. The molecule has 0 unspecified atom stereocenters. The van der Waals surface area contributed by atoms with Gasteiger partial charge in [0.25, 0.3) is 6.71 Å². The SMILES string of the molecule is c1ccc(-c2cc(-c3ccccc3)c3c4c(-c5ccccc5)ccc5c4n(c3c2)-c2cc(-c3nc(-c4ccccc4)nc4ccccc34)cc3c2B5c2ccc(-c4ccccc4)c4c5c(-c6ccccc6)cc(-c6ccccc6)cc5n-3c24)cc1. The molecular formula is C80H49BN4. The minimum absolute atomic E-state index is 0.156. The first-order valence-electron chi connectivity index (χ1n) is 29.3. The van der Waals surface area contributed by atoms with Gasteiger partial charge in [-0.3, -0.25) is 0 Å². The lowest BCUT2D eigenvalue weighted by molar-refractivity contribution is 1.14. The Bertz CT molecular complexity index is 5100. The van der Waals surface area contributed by atoms with E-state index in [9.17, 15) is 0 Å². The largest absolute Gasteiger partial charge is 0.310 e. The van der Waals surface area contributed by atoms with Crippen molar-refractivity contribution in [3.05, 3.63) is 297 Å². The Balaban J connectivity index is 1.08. The summed E-state index contributed by atoms with van der Waals surface area (Å²) in [5, 5.41) is 5.95. The van der Waals surface area contributed by atoms with Crippen LogP contribution >= 0.6 is 0 Å². The minimum Gasteiger partial charge on any atom is -0.310 e. The highest BCUT2D eigenvalue weighted by Gasteiger charge is 2.43. The van der Waals surface area contributed by atoms with Crippen LogP contribution in [0.5, 0.6) is 0 Å². The van der Waals surface area contributed by atoms with Crippen LogP contribution < -0.4 is 16.4 Å². The molecule has 13 aromatic carbocycles. The Labute approximate surface area is 491 Å². The molecular weight excluding hydrogens is 1030 g/mol. The summed E-state index contributed by atoms with van der Waals surface area (Å²) in [4.78, 5) is 11.0. The molecule has 0 saturated heterocycles. The monoisotopic (exact) mass is 1080 g/mol. The van der Waals surface area contributed by atoms with Gasteiger partial charge in [-0.25, -0.2) is 9.97 Å².